The summed E-state index contributed by atoms with van der Waals surface area (Å²) >= 11 is -1.23. The summed E-state index contributed by atoms with van der Waals surface area (Å²) in [6.07, 6.45) is 14.8. The molecule has 0 fully saturated rings. The van der Waals surface area contributed by atoms with Crippen molar-refractivity contribution in [2.24, 2.45) is 0 Å². The molecule has 3 aromatic rings. The van der Waals surface area contributed by atoms with Gasteiger partial charge in [-0.2, -0.15) is 0 Å². The molecule has 0 spiro atoms. The van der Waals surface area contributed by atoms with E-state index in [4.69, 9.17) is 14.2 Å². The summed E-state index contributed by atoms with van der Waals surface area (Å²) in [7, 11) is 1.60. The summed E-state index contributed by atoms with van der Waals surface area (Å²) in [5.74, 6) is 1.48. The molecular weight excluding hydrogens is 586 g/mol. The predicted molar refractivity (Wildman–Crippen MR) is 183 cm³/mol. The maximum atomic E-state index is 12.9. The number of allylic oxidation sites excluding steroid dienone is 4. The van der Waals surface area contributed by atoms with Gasteiger partial charge in [-0.25, -0.2) is 4.98 Å². The van der Waals surface area contributed by atoms with E-state index in [9.17, 15) is 9.35 Å². The Labute approximate surface area is 270 Å². The van der Waals surface area contributed by atoms with Crippen LogP contribution in [0, 0.1) is 0 Å². The van der Waals surface area contributed by atoms with Crippen LogP contribution in [0.2, 0.25) is 0 Å². The van der Waals surface area contributed by atoms with Gasteiger partial charge in [0, 0.05) is 37.4 Å². The van der Waals surface area contributed by atoms with Crippen LogP contribution >= 0.6 is 0 Å². The molecule has 1 atom stereocenters. The number of unbranched alkanes of at least 4 members (excludes halogenated alkanes) is 1. The summed E-state index contributed by atoms with van der Waals surface area (Å²) in [6, 6.07) is 13.7. The average Bonchev–Trinajstić information content (AvgIpc) is 3.49. The van der Waals surface area contributed by atoms with Crippen molar-refractivity contribution in [2.75, 3.05) is 26.9 Å². The molecule has 1 heterocycles. The molecule has 1 aromatic heterocycles. The minimum Gasteiger partial charge on any atom is -0.611 e. The van der Waals surface area contributed by atoms with E-state index < -0.39 is 11.2 Å². The number of carbonyl (C=O) groups is 1. The number of aryl methyl sites for hydroxylation is 1. The van der Waals surface area contributed by atoms with Crippen LogP contribution in [-0.2, 0) is 33.0 Å². The molecule has 2 aromatic carbocycles. The minimum absolute atomic E-state index is 0.329. The van der Waals surface area contributed by atoms with E-state index in [0.29, 0.717) is 35.3 Å². The SMILES string of the molecule is C=C/C(=C\C=C(/C)[S@+]([O-])Cc1cncn1CCC)NC(=O)/C=C\c1cc(-c2ccc(OCCOCCCC)cc2)ccc1OC. The number of aromatic nitrogens is 2. The first-order chi connectivity index (χ1) is 21.9. The highest BCUT2D eigenvalue weighted by atomic mass is 32.2. The van der Waals surface area contributed by atoms with Gasteiger partial charge in [-0.15, -0.1) is 0 Å². The first kappa shape index (κ1) is 35.4. The highest BCUT2D eigenvalue weighted by Crippen LogP contribution is 2.29. The molecule has 0 unspecified atom stereocenters. The normalized spacial score (nSPS) is 12.7. The number of hydrogen-bond donors (Lipinski definition) is 1. The third kappa shape index (κ3) is 11.8. The van der Waals surface area contributed by atoms with Gasteiger partial charge in [0.15, 0.2) is 5.75 Å². The Morgan fingerprint density at radius 1 is 1.07 bits per heavy atom. The van der Waals surface area contributed by atoms with E-state index in [1.807, 2.05) is 47.0 Å². The number of amides is 1. The van der Waals surface area contributed by atoms with E-state index in [1.54, 1.807) is 50.9 Å². The molecule has 0 aliphatic rings. The summed E-state index contributed by atoms with van der Waals surface area (Å²) < 4.78 is 31.7. The van der Waals surface area contributed by atoms with E-state index in [-0.39, 0.29) is 5.91 Å². The second kappa shape index (κ2) is 19.4. The van der Waals surface area contributed by atoms with Crippen LogP contribution in [0.4, 0.5) is 0 Å². The lowest BCUT2D eigenvalue weighted by molar-refractivity contribution is -0.115. The lowest BCUT2D eigenvalue weighted by Crippen LogP contribution is -2.19. The van der Waals surface area contributed by atoms with Gasteiger partial charge in [0.25, 0.3) is 0 Å². The van der Waals surface area contributed by atoms with Crippen molar-refractivity contribution in [3.8, 4) is 22.6 Å². The van der Waals surface area contributed by atoms with Crippen molar-refractivity contribution in [3.05, 3.63) is 108 Å². The van der Waals surface area contributed by atoms with Gasteiger partial charge in [0.2, 0.25) is 5.91 Å². The number of hydrogen-bond acceptors (Lipinski definition) is 6. The van der Waals surface area contributed by atoms with Crippen LogP contribution in [0.5, 0.6) is 11.5 Å². The number of carbonyl (C=O) groups excluding carboxylic acids is 1. The van der Waals surface area contributed by atoms with Gasteiger partial charge in [0.1, 0.15) is 23.0 Å². The van der Waals surface area contributed by atoms with Crippen LogP contribution in [-0.4, -0.2) is 46.9 Å². The Morgan fingerprint density at radius 3 is 2.56 bits per heavy atom. The van der Waals surface area contributed by atoms with Crippen molar-refractivity contribution in [1.29, 1.82) is 0 Å². The Bertz CT molecular complexity index is 1460. The molecule has 0 radical (unpaired) electrons. The minimum atomic E-state index is -1.23. The Kier molecular flexibility index (Phi) is 15.2. The van der Waals surface area contributed by atoms with Crippen molar-refractivity contribution < 1.29 is 23.6 Å². The zero-order valence-electron chi connectivity index (χ0n) is 26.8. The molecule has 1 amide bonds. The quantitative estimate of drug-likeness (QED) is 0.0650. The zero-order chi connectivity index (χ0) is 32.4. The molecule has 0 aliphatic heterocycles. The Morgan fingerprint density at radius 2 is 1.84 bits per heavy atom. The first-order valence-corrected chi connectivity index (χ1v) is 16.6. The molecule has 8 nitrogen and oxygen atoms in total. The molecule has 0 bridgehead atoms. The number of nitrogens with zero attached hydrogens (tertiary/aromatic N) is 2. The smallest absolute Gasteiger partial charge is 0.248 e. The van der Waals surface area contributed by atoms with E-state index in [1.165, 1.54) is 6.08 Å². The highest BCUT2D eigenvalue weighted by Gasteiger charge is 2.14. The van der Waals surface area contributed by atoms with Gasteiger partial charge in [0.05, 0.1) is 31.9 Å². The number of benzene rings is 2. The average molecular weight is 632 g/mol. The van der Waals surface area contributed by atoms with Gasteiger partial charge < -0.3 is 28.6 Å². The fourth-order valence-electron chi connectivity index (χ4n) is 4.31. The fourth-order valence-corrected chi connectivity index (χ4v) is 5.26. The Balaban J connectivity index is 1.61. The van der Waals surface area contributed by atoms with Crippen LogP contribution in [0.25, 0.3) is 17.2 Å². The van der Waals surface area contributed by atoms with Gasteiger partial charge in [-0.3, -0.25) is 4.79 Å². The molecule has 0 saturated heterocycles. The van der Waals surface area contributed by atoms with Crippen LogP contribution in [0.1, 0.15) is 51.3 Å². The number of imidazole rings is 1. The summed E-state index contributed by atoms with van der Waals surface area (Å²) in [6.45, 7) is 12.5. The molecule has 0 aliphatic carbocycles. The monoisotopic (exact) mass is 631 g/mol. The highest BCUT2D eigenvalue weighted by molar-refractivity contribution is 7.94. The number of ether oxygens (including phenoxy) is 3. The van der Waals surface area contributed by atoms with Gasteiger partial charge in [-0.1, -0.05) is 45.0 Å². The van der Waals surface area contributed by atoms with E-state index >= 15 is 0 Å². The molecule has 3 rings (SSSR count). The Hall–Kier alpha value is -4.05. The molecule has 9 heteroatoms. The predicted octanol–water partition coefficient (Wildman–Crippen LogP) is 7.22. The first-order valence-electron chi connectivity index (χ1n) is 15.2. The van der Waals surface area contributed by atoms with Crippen LogP contribution in [0.15, 0.2) is 96.5 Å². The lowest BCUT2D eigenvalue weighted by Gasteiger charge is -2.12. The number of methoxy groups -OCH3 is 1. The third-order valence-electron chi connectivity index (χ3n) is 6.86. The largest absolute Gasteiger partial charge is 0.611 e. The molecule has 1 N–H and O–H groups in total. The second-order valence-electron chi connectivity index (χ2n) is 10.3. The molecular formula is C36H45N3O5S. The third-order valence-corrected chi connectivity index (χ3v) is 8.27. The van der Waals surface area contributed by atoms with Gasteiger partial charge in [-0.05, 0) is 83.7 Å². The number of rotatable bonds is 19. The topological polar surface area (TPSA) is 97.7 Å². The van der Waals surface area contributed by atoms with Crippen molar-refractivity contribution in [1.82, 2.24) is 14.9 Å². The molecule has 0 saturated carbocycles. The van der Waals surface area contributed by atoms with Gasteiger partial charge >= 0.3 is 0 Å². The van der Waals surface area contributed by atoms with Crippen molar-refractivity contribution in [3.63, 3.8) is 0 Å². The maximum absolute atomic E-state index is 12.9. The van der Waals surface area contributed by atoms with E-state index in [2.05, 4.69) is 30.7 Å². The second-order valence-corrected chi connectivity index (χ2v) is 11.9. The molecule has 240 valence electrons. The fraction of sp³-hybridized carbons (Fsp3) is 0.333. The zero-order valence-corrected chi connectivity index (χ0v) is 27.6. The van der Waals surface area contributed by atoms with Crippen LogP contribution in [0.3, 0.4) is 0 Å². The summed E-state index contributed by atoms with van der Waals surface area (Å²) in [5, 5.41) is 2.82. The maximum Gasteiger partial charge on any atom is 0.248 e. The van der Waals surface area contributed by atoms with Crippen LogP contribution < -0.4 is 14.8 Å². The lowest BCUT2D eigenvalue weighted by atomic mass is 10.0. The standard InChI is InChI=1S/C36H45N3O5S/c1-6-9-21-43-22-23-44-34-16-11-29(12-17-34)30-13-18-35(42-5)31(24-30)14-19-36(40)38-32(8-3)15-10-28(4)45(41)26-33-25-37-27-39(33)20-7-2/h8,10-19,24-25,27H,3,6-7,9,20-23,26H2,1-2,4-5H3,(H,38,40)/b19-14-,28-10+,32-15+/t45-/m1/s1. The summed E-state index contributed by atoms with van der Waals surface area (Å²) in [4.78, 5) is 17.6. The van der Waals surface area contributed by atoms with Crippen molar-refractivity contribution >= 4 is 23.2 Å². The summed E-state index contributed by atoms with van der Waals surface area (Å²) in [5.41, 5.74) is 4.16. The number of nitrogens with one attached hydrogen (secondary N) is 1. The molecule has 45 heavy (non-hydrogen) atoms. The van der Waals surface area contributed by atoms with Crippen molar-refractivity contribution in [2.45, 2.75) is 52.3 Å². The van der Waals surface area contributed by atoms with E-state index in [0.717, 1.165) is 60.5 Å².